The van der Waals surface area contributed by atoms with Gasteiger partial charge in [0, 0.05) is 177 Å². The first-order valence-electron chi connectivity index (χ1n) is 22.0. The van der Waals surface area contributed by atoms with Crippen LogP contribution in [0.4, 0.5) is 0 Å². The second-order valence-electron chi connectivity index (χ2n) is 16.9. The van der Waals surface area contributed by atoms with Gasteiger partial charge in [-0.3, -0.25) is 0 Å². The summed E-state index contributed by atoms with van der Waals surface area (Å²) in [5, 5.41) is 0. The molecule has 3 aromatic heterocycles. The lowest BCUT2D eigenvalue weighted by Gasteiger charge is -2.32. The molecule has 0 aromatic carbocycles. The summed E-state index contributed by atoms with van der Waals surface area (Å²) in [5.41, 5.74) is 11.7. The maximum Gasteiger partial charge on any atom is 0.131 e. The van der Waals surface area contributed by atoms with Crippen LogP contribution >= 0.6 is 0 Å². The molecule has 338 valence electrons. The molecule has 4 unspecified atom stereocenters. The third kappa shape index (κ3) is 7.88. The lowest BCUT2D eigenvalue weighted by atomic mass is 10.1. The van der Waals surface area contributed by atoms with Crippen molar-refractivity contribution in [1.82, 2.24) is 59.1 Å². The first-order chi connectivity index (χ1) is 31.2. The monoisotopic (exact) mass is 871 g/mol. The summed E-state index contributed by atoms with van der Waals surface area (Å²) >= 11 is 0. The highest BCUT2D eigenvalue weighted by molar-refractivity contribution is 5.84. The average Bonchev–Trinajstić information content (AvgIpc) is 4.16. The van der Waals surface area contributed by atoms with Gasteiger partial charge in [-0.2, -0.15) is 0 Å². The molecule has 0 saturated heterocycles. The zero-order chi connectivity index (χ0) is 44.5. The van der Waals surface area contributed by atoms with E-state index in [4.69, 9.17) is 28.9 Å². The molecule has 8 bridgehead atoms. The van der Waals surface area contributed by atoms with Crippen LogP contribution in [-0.4, -0.2) is 168 Å². The fourth-order valence-corrected chi connectivity index (χ4v) is 9.78. The highest BCUT2D eigenvalue weighted by Gasteiger charge is 2.36. The number of nitrogens with one attached hydrogen (secondary N) is 2. The van der Waals surface area contributed by atoms with Crippen LogP contribution in [-0.2, 0) is 18.9 Å². The van der Waals surface area contributed by atoms with Crippen LogP contribution in [0.15, 0.2) is 73.9 Å². The minimum absolute atomic E-state index is 0.158. The van der Waals surface area contributed by atoms with Crippen molar-refractivity contribution < 1.29 is 18.9 Å². The second-order valence-corrected chi connectivity index (χ2v) is 16.9. The molecule has 3 aromatic rings. The molecule has 9 rings (SSSR count). The summed E-state index contributed by atoms with van der Waals surface area (Å²) in [6, 6.07) is 8.82. The van der Waals surface area contributed by atoms with Crippen molar-refractivity contribution in [1.29, 1.82) is 0 Å². The van der Waals surface area contributed by atoms with Gasteiger partial charge >= 0.3 is 0 Å². The van der Waals surface area contributed by atoms with Crippen LogP contribution in [0.1, 0.15) is 69.7 Å². The molecule has 0 saturated carbocycles. The highest BCUT2D eigenvalue weighted by Crippen LogP contribution is 2.42. The number of ether oxygens (including phenoxy) is 4. The molecule has 2 N–H and O–H groups in total. The molecule has 0 spiro atoms. The van der Waals surface area contributed by atoms with E-state index in [0.717, 1.165) is 67.1 Å². The Bertz CT molecular complexity index is 2210. The van der Waals surface area contributed by atoms with Crippen molar-refractivity contribution >= 4 is 46.4 Å². The van der Waals surface area contributed by atoms with Gasteiger partial charge in [0.25, 0.3) is 0 Å². The molecule has 64 heavy (non-hydrogen) atoms. The zero-order valence-electron chi connectivity index (χ0n) is 38.3. The molecule has 6 aliphatic heterocycles. The molecular weight excluding hydrogens is 809 g/mol. The van der Waals surface area contributed by atoms with Gasteiger partial charge in [0.2, 0.25) is 0 Å². The first kappa shape index (κ1) is 43.1. The zero-order valence-corrected chi connectivity index (χ0v) is 38.3. The highest BCUT2D eigenvalue weighted by atomic mass is 16.5. The second kappa shape index (κ2) is 18.5. The number of aromatic nitrogens is 4. The molecule has 16 nitrogen and oxygen atoms in total. The van der Waals surface area contributed by atoms with Crippen LogP contribution < -0.4 is 0 Å². The van der Waals surface area contributed by atoms with Crippen LogP contribution in [0, 0.1) is 0 Å². The number of fused-ring (bicyclic) bond motifs is 8. The number of methoxy groups -OCH3 is 4. The van der Waals surface area contributed by atoms with E-state index in [1.807, 2.05) is 0 Å². The summed E-state index contributed by atoms with van der Waals surface area (Å²) < 4.78 is 22.5. The van der Waals surface area contributed by atoms with Crippen LogP contribution in [0.5, 0.6) is 0 Å². The summed E-state index contributed by atoms with van der Waals surface area (Å²) in [5.74, 6) is 0. The lowest BCUT2D eigenvalue weighted by Crippen LogP contribution is -2.32. The Labute approximate surface area is 376 Å². The first-order valence-corrected chi connectivity index (χ1v) is 22.0. The maximum atomic E-state index is 5.63. The normalized spacial score (nSPS) is 21.2. The Kier molecular flexibility index (Phi) is 12.4. The molecule has 0 fully saturated rings. The topological polar surface area (TPSA) is 120 Å². The van der Waals surface area contributed by atoms with E-state index in [1.165, 1.54) is 0 Å². The van der Waals surface area contributed by atoms with Gasteiger partial charge in [-0.25, -0.2) is 9.97 Å². The van der Waals surface area contributed by atoms with Crippen LogP contribution in [0.3, 0.4) is 0 Å². The maximum absolute atomic E-state index is 5.63. The fourth-order valence-electron chi connectivity index (χ4n) is 9.78. The largest absolute Gasteiger partial charge is 0.383 e. The number of rotatable bonds is 16. The molecule has 0 amide bonds. The van der Waals surface area contributed by atoms with Crippen molar-refractivity contribution in [2.75, 3.05) is 109 Å². The summed E-state index contributed by atoms with van der Waals surface area (Å²) in [4.78, 5) is 37.5. The Morgan fingerprint density at radius 2 is 0.625 bits per heavy atom. The quantitative estimate of drug-likeness (QED) is 0.119. The van der Waals surface area contributed by atoms with Crippen molar-refractivity contribution in [2.24, 2.45) is 0 Å². The van der Waals surface area contributed by atoms with Crippen molar-refractivity contribution in [2.45, 2.75) is 24.7 Å². The molecule has 0 aliphatic carbocycles. The molecule has 0 radical (unpaired) electrons. The third-order valence-electron chi connectivity index (χ3n) is 12.9. The Morgan fingerprint density at radius 1 is 0.391 bits per heavy atom. The van der Waals surface area contributed by atoms with Gasteiger partial charge in [0.15, 0.2) is 0 Å². The number of hydrogen-bond acceptors (Lipinski definition) is 14. The van der Waals surface area contributed by atoms with E-state index in [9.17, 15) is 0 Å². The summed E-state index contributed by atoms with van der Waals surface area (Å²) in [6.07, 6.45) is 25.2. The average molecular weight is 871 g/mol. The van der Waals surface area contributed by atoms with Crippen molar-refractivity contribution in [3.05, 3.63) is 119 Å². The van der Waals surface area contributed by atoms with Crippen molar-refractivity contribution in [3.8, 4) is 0 Å². The standard InChI is InChI=1S/C48H62N12O4/c1-53-17-21-57(25-29-61-5)45(53)41-33-9-11-35(49-33)42(46-54(2)18-22-58(46)26-30-62-6)37-13-15-39(51-37)44(48-56(4)20-24-60(48)28-32-64-8)40-16-14-38(52-40)43(36-12-10-34(41)50-36)47-55(3)19-23-59(47)27-31-63-7/h9-24,45-49,52H,25-32H2,1-8H3. The number of H-pyrrole nitrogens is 2. The van der Waals surface area contributed by atoms with E-state index in [0.29, 0.717) is 52.6 Å². The van der Waals surface area contributed by atoms with E-state index >= 15 is 0 Å². The summed E-state index contributed by atoms with van der Waals surface area (Å²) in [7, 11) is 15.5. The van der Waals surface area contributed by atoms with Crippen LogP contribution in [0.2, 0.25) is 0 Å². The van der Waals surface area contributed by atoms with Gasteiger partial charge in [-0.1, -0.05) is 0 Å². The Hall–Kier alpha value is -6.20. The SMILES string of the molecule is COCCN1C=CN(C)C1c1c2nc(c(C3N(C)C=CN3CCOC)c3ccc([nH]3)c(C3N(C)C=CN3CCOC)c3nc(c(C4N(C)C=CN4CCOC)c4ccc1[nH]4)C=C3)C=C2. The number of hydrogen-bond donors (Lipinski definition) is 2. The van der Waals surface area contributed by atoms with E-state index in [2.05, 4.69) is 176 Å². The van der Waals surface area contributed by atoms with Crippen LogP contribution in [0.25, 0.3) is 46.4 Å². The number of nitrogens with zero attached hydrogens (tertiary/aromatic N) is 10. The fraction of sp³-hybridized carbons (Fsp3) is 0.417. The van der Waals surface area contributed by atoms with Gasteiger partial charge < -0.3 is 68.1 Å². The Morgan fingerprint density at radius 3 is 0.844 bits per heavy atom. The minimum atomic E-state index is -0.158. The van der Waals surface area contributed by atoms with Gasteiger partial charge in [-0.15, -0.1) is 0 Å². The van der Waals surface area contributed by atoms with E-state index in [1.54, 1.807) is 28.4 Å². The molecule has 9 heterocycles. The minimum Gasteiger partial charge on any atom is -0.383 e. The Balaban J connectivity index is 1.39. The molecular formula is C48H62N12O4. The van der Waals surface area contributed by atoms with E-state index < -0.39 is 0 Å². The van der Waals surface area contributed by atoms with Gasteiger partial charge in [-0.05, 0) is 48.6 Å². The van der Waals surface area contributed by atoms with Gasteiger partial charge in [0.1, 0.15) is 24.7 Å². The van der Waals surface area contributed by atoms with Gasteiger partial charge in [0.05, 0.1) is 49.2 Å². The molecule has 6 aliphatic rings. The van der Waals surface area contributed by atoms with Crippen molar-refractivity contribution in [3.63, 3.8) is 0 Å². The number of aromatic amines is 2. The molecule has 4 atom stereocenters. The lowest BCUT2D eigenvalue weighted by molar-refractivity contribution is 0.121. The third-order valence-corrected chi connectivity index (χ3v) is 12.9. The smallest absolute Gasteiger partial charge is 0.131 e. The van der Waals surface area contributed by atoms with E-state index in [-0.39, 0.29) is 24.7 Å². The molecule has 16 heteroatoms. The summed E-state index contributed by atoms with van der Waals surface area (Å²) in [6.45, 7) is 5.17. The predicted molar refractivity (Wildman–Crippen MR) is 252 cm³/mol. The predicted octanol–water partition coefficient (Wildman–Crippen LogP) is 6.11.